The molecule has 1 amide bonds. The molecule has 0 aromatic heterocycles. The molecule has 2 bridgehead atoms. The second kappa shape index (κ2) is 9.24. The fraction of sp³-hybridized carbons (Fsp3) is 0.435. The minimum absolute atomic E-state index is 0.100. The third-order valence-electron chi connectivity index (χ3n) is 6.20. The summed E-state index contributed by atoms with van der Waals surface area (Å²) in [5.74, 6) is -0.131. The number of fused-ring (bicyclic) bond motifs is 2. The Kier molecular flexibility index (Phi) is 6.43. The van der Waals surface area contributed by atoms with Gasteiger partial charge in [-0.05, 0) is 61.9 Å². The summed E-state index contributed by atoms with van der Waals surface area (Å²) in [4.78, 5) is 25.7. The summed E-state index contributed by atoms with van der Waals surface area (Å²) in [5.41, 5.74) is 1.89. The molecule has 8 heteroatoms. The normalized spacial score (nSPS) is 22.8. The maximum Gasteiger partial charge on any atom is 0.311 e. The highest BCUT2D eigenvalue weighted by Gasteiger charge is 2.40. The lowest BCUT2D eigenvalue weighted by molar-refractivity contribution is -0.385. The van der Waals surface area contributed by atoms with Crippen LogP contribution in [0.25, 0.3) is 0 Å². The van der Waals surface area contributed by atoms with E-state index in [-0.39, 0.29) is 30.0 Å². The fourth-order valence-corrected chi connectivity index (χ4v) is 4.88. The standard InChI is InChI=1S/C23H26ClN3O4/c1-15-2-9-22(21(10-15)27(29)30)31-14-23(28)25-18-11-19-7-8-20(12-18)26(19)13-16-3-5-17(24)6-4-16/h2-6,9-10,18-20H,7-8,11-14H2,1H3,(H,25,28). The number of nitrogens with zero attached hydrogens (tertiary/aromatic N) is 2. The number of halogens is 1. The number of hydrogen-bond acceptors (Lipinski definition) is 5. The summed E-state index contributed by atoms with van der Waals surface area (Å²) in [6.45, 7) is 2.44. The van der Waals surface area contributed by atoms with Crippen LogP contribution in [0.3, 0.4) is 0 Å². The van der Waals surface area contributed by atoms with Crippen LogP contribution in [0.5, 0.6) is 5.75 Å². The van der Waals surface area contributed by atoms with Gasteiger partial charge in [0.25, 0.3) is 5.91 Å². The van der Waals surface area contributed by atoms with Gasteiger partial charge in [-0.25, -0.2) is 0 Å². The first-order valence-corrected chi connectivity index (χ1v) is 10.9. The van der Waals surface area contributed by atoms with Crippen molar-refractivity contribution in [1.82, 2.24) is 10.2 Å². The molecule has 31 heavy (non-hydrogen) atoms. The van der Waals surface area contributed by atoms with E-state index in [9.17, 15) is 14.9 Å². The van der Waals surface area contributed by atoms with Crippen molar-refractivity contribution in [3.8, 4) is 5.75 Å². The first kappa shape index (κ1) is 21.6. The number of nitrogens with one attached hydrogen (secondary N) is 1. The number of ether oxygens (including phenoxy) is 1. The van der Waals surface area contributed by atoms with Gasteiger partial charge in [0, 0.05) is 35.8 Å². The number of nitro groups is 1. The molecule has 2 aliphatic rings. The molecule has 2 aliphatic heterocycles. The Hall–Kier alpha value is -2.64. The number of rotatable bonds is 7. The monoisotopic (exact) mass is 443 g/mol. The Morgan fingerprint density at radius 2 is 1.87 bits per heavy atom. The molecule has 164 valence electrons. The summed E-state index contributed by atoms with van der Waals surface area (Å²) in [6.07, 6.45) is 4.08. The van der Waals surface area contributed by atoms with E-state index in [0.717, 1.165) is 42.8 Å². The highest BCUT2D eigenvalue weighted by atomic mass is 35.5. The molecular formula is C23H26ClN3O4. The van der Waals surface area contributed by atoms with Crippen LogP contribution >= 0.6 is 11.6 Å². The molecule has 0 radical (unpaired) electrons. The molecule has 0 saturated carbocycles. The van der Waals surface area contributed by atoms with Crippen LogP contribution in [-0.2, 0) is 11.3 Å². The first-order valence-electron chi connectivity index (χ1n) is 10.6. The van der Waals surface area contributed by atoms with E-state index in [2.05, 4.69) is 22.3 Å². The fourth-order valence-electron chi connectivity index (χ4n) is 4.76. The van der Waals surface area contributed by atoms with Crippen LogP contribution in [0.15, 0.2) is 42.5 Å². The van der Waals surface area contributed by atoms with E-state index >= 15 is 0 Å². The van der Waals surface area contributed by atoms with E-state index in [0.29, 0.717) is 12.1 Å². The Labute approximate surface area is 186 Å². The molecule has 2 atom stereocenters. The molecule has 2 fully saturated rings. The zero-order chi connectivity index (χ0) is 22.0. The molecule has 1 N–H and O–H groups in total. The number of piperidine rings is 1. The number of aryl methyl sites for hydroxylation is 1. The predicted molar refractivity (Wildman–Crippen MR) is 118 cm³/mol. The molecule has 2 aromatic carbocycles. The van der Waals surface area contributed by atoms with Crippen molar-refractivity contribution >= 4 is 23.2 Å². The molecule has 2 aromatic rings. The van der Waals surface area contributed by atoms with Crippen molar-refractivity contribution in [3.63, 3.8) is 0 Å². The van der Waals surface area contributed by atoms with Gasteiger partial charge in [0.2, 0.25) is 0 Å². The average molecular weight is 444 g/mol. The topological polar surface area (TPSA) is 84.7 Å². The maximum absolute atomic E-state index is 12.4. The quantitative estimate of drug-likeness (QED) is 0.510. The summed E-state index contributed by atoms with van der Waals surface area (Å²) in [5, 5.41) is 15.0. The second-order valence-corrected chi connectivity index (χ2v) is 8.87. The Bertz CT molecular complexity index is 952. The third kappa shape index (κ3) is 5.17. The molecular weight excluding hydrogens is 418 g/mol. The lowest BCUT2D eigenvalue weighted by Crippen LogP contribution is -2.50. The van der Waals surface area contributed by atoms with Crippen molar-refractivity contribution in [2.45, 2.75) is 57.3 Å². The van der Waals surface area contributed by atoms with Crippen LogP contribution in [-0.4, -0.2) is 40.5 Å². The first-order chi connectivity index (χ1) is 14.9. The van der Waals surface area contributed by atoms with Gasteiger partial charge < -0.3 is 10.1 Å². The van der Waals surface area contributed by atoms with Gasteiger partial charge in [-0.3, -0.25) is 19.8 Å². The Morgan fingerprint density at radius 1 is 1.19 bits per heavy atom. The minimum Gasteiger partial charge on any atom is -0.477 e. The smallest absolute Gasteiger partial charge is 0.311 e. The van der Waals surface area contributed by atoms with Gasteiger partial charge in [-0.1, -0.05) is 29.8 Å². The third-order valence-corrected chi connectivity index (χ3v) is 6.45. The van der Waals surface area contributed by atoms with Crippen molar-refractivity contribution in [2.24, 2.45) is 0 Å². The van der Waals surface area contributed by atoms with Gasteiger partial charge in [0.15, 0.2) is 12.4 Å². The highest BCUT2D eigenvalue weighted by Crippen LogP contribution is 2.37. The van der Waals surface area contributed by atoms with Gasteiger partial charge in [0.05, 0.1) is 4.92 Å². The van der Waals surface area contributed by atoms with Crippen LogP contribution < -0.4 is 10.1 Å². The van der Waals surface area contributed by atoms with Gasteiger partial charge in [0.1, 0.15) is 0 Å². The van der Waals surface area contributed by atoms with E-state index in [1.807, 2.05) is 12.1 Å². The van der Waals surface area contributed by atoms with Crippen LogP contribution in [0.4, 0.5) is 5.69 Å². The summed E-state index contributed by atoms with van der Waals surface area (Å²) < 4.78 is 5.46. The SMILES string of the molecule is Cc1ccc(OCC(=O)NC2CC3CCC(C2)N3Cc2ccc(Cl)cc2)c([N+](=O)[O-])c1. The molecule has 0 aliphatic carbocycles. The summed E-state index contributed by atoms with van der Waals surface area (Å²) >= 11 is 5.99. The van der Waals surface area contributed by atoms with Gasteiger partial charge in [-0.15, -0.1) is 0 Å². The maximum atomic E-state index is 12.4. The van der Waals surface area contributed by atoms with Crippen molar-refractivity contribution in [1.29, 1.82) is 0 Å². The number of carbonyl (C=O) groups is 1. The molecule has 2 unspecified atom stereocenters. The zero-order valence-electron chi connectivity index (χ0n) is 17.4. The van der Waals surface area contributed by atoms with Crippen LogP contribution in [0.2, 0.25) is 5.02 Å². The molecule has 2 heterocycles. The Balaban J connectivity index is 1.30. The van der Waals surface area contributed by atoms with Crippen molar-refractivity contribution in [3.05, 3.63) is 68.7 Å². The number of nitro benzene ring substituents is 1. The number of amides is 1. The highest BCUT2D eigenvalue weighted by molar-refractivity contribution is 6.30. The number of carbonyl (C=O) groups excluding carboxylic acids is 1. The minimum atomic E-state index is -0.492. The predicted octanol–water partition coefficient (Wildman–Crippen LogP) is 4.25. The summed E-state index contributed by atoms with van der Waals surface area (Å²) in [6, 6.07) is 13.7. The second-order valence-electron chi connectivity index (χ2n) is 8.44. The zero-order valence-corrected chi connectivity index (χ0v) is 18.2. The van der Waals surface area contributed by atoms with Crippen molar-refractivity contribution < 1.29 is 14.5 Å². The van der Waals surface area contributed by atoms with Crippen LogP contribution in [0.1, 0.15) is 36.8 Å². The van der Waals surface area contributed by atoms with Gasteiger partial charge in [-0.2, -0.15) is 0 Å². The van der Waals surface area contributed by atoms with E-state index in [4.69, 9.17) is 16.3 Å². The van der Waals surface area contributed by atoms with E-state index < -0.39 is 4.92 Å². The largest absolute Gasteiger partial charge is 0.477 e. The molecule has 0 spiro atoms. The lowest BCUT2D eigenvalue weighted by atomic mass is 9.96. The van der Waals surface area contributed by atoms with Crippen molar-refractivity contribution in [2.75, 3.05) is 6.61 Å². The lowest BCUT2D eigenvalue weighted by Gasteiger charge is -2.39. The van der Waals surface area contributed by atoms with E-state index in [1.54, 1.807) is 13.0 Å². The number of benzene rings is 2. The van der Waals surface area contributed by atoms with E-state index in [1.165, 1.54) is 17.7 Å². The number of hydrogen-bond donors (Lipinski definition) is 1. The summed E-state index contributed by atoms with van der Waals surface area (Å²) in [7, 11) is 0. The average Bonchev–Trinajstić information content (AvgIpc) is 2.96. The van der Waals surface area contributed by atoms with Crippen LogP contribution in [0, 0.1) is 17.0 Å². The molecule has 7 nitrogen and oxygen atoms in total. The Morgan fingerprint density at radius 3 is 2.52 bits per heavy atom. The van der Waals surface area contributed by atoms with Gasteiger partial charge >= 0.3 is 5.69 Å². The molecule has 4 rings (SSSR count). The molecule has 2 saturated heterocycles.